The molecule has 4 heteroatoms. The van der Waals surface area contributed by atoms with E-state index in [9.17, 15) is 0 Å². The fourth-order valence-corrected chi connectivity index (χ4v) is 1.86. The maximum Gasteiger partial charge on any atom is 0.142 e. The number of hydrogen-bond donors (Lipinski definition) is 1. The molecule has 0 aliphatic heterocycles. The zero-order chi connectivity index (χ0) is 15.1. The lowest BCUT2D eigenvalue weighted by Gasteiger charge is -2.11. The smallest absolute Gasteiger partial charge is 0.142 e. The average molecular weight is 282 g/mol. The number of nitrogens with two attached hydrogens (primary N) is 1. The van der Waals surface area contributed by atoms with E-state index in [1.165, 1.54) is 0 Å². The van der Waals surface area contributed by atoms with E-state index in [4.69, 9.17) is 20.5 Å². The molecule has 0 fully saturated rings. The van der Waals surface area contributed by atoms with E-state index >= 15 is 0 Å². The van der Waals surface area contributed by atoms with Gasteiger partial charge in [0.15, 0.2) is 0 Å². The highest BCUT2D eigenvalue weighted by Crippen LogP contribution is 2.21. The lowest BCUT2D eigenvalue weighted by Crippen LogP contribution is -2.06. The van der Waals surface area contributed by atoms with Crippen molar-refractivity contribution in [3.63, 3.8) is 0 Å². The summed E-state index contributed by atoms with van der Waals surface area (Å²) in [5.74, 6) is 1.44. The molecule has 4 nitrogen and oxygen atoms in total. The molecule has 21 heavy (non-hydrogen) atoms. The molecule has 2 aromatic carbocycles. The van der Waals surface area contributed by atoms with E-state index in [0.717, 1.165) is 17.7 Å². The summed E-state index contributed by atoms with van der Waals surface area (Å²) >= 11 is 0. The minimum absolute atomic E-state index is 0.530. The highest BCUT2D eigenvalue weighted by atomic mass is 16.5. The molecule has 2 N–H and O–H groups in total. The lowest BCUT2D eigenvalue weighted by molar-refractivity contribution is 0.247. The molecule has 0 saturated heterocycles. The third-order valence-electron chi connectivity index (χ3n) is 3.04. The van der Waals surface area contributed by atoms with E-state index in [1.54, 1.807) is 12.1 Å². The van der Waals surface area contributed by atoms with Crippen LogP contribution in [0.2, 0.25) is 0 Å². The number of nitrogen functional groups attached to an aromatic ring is 1. The predicted octanol–water partition coefficient (Wildman–Crippen LogP) is 3.30. The number of hydrogen-bond acceptors (Lipinski definition) is 4. The first-order valence-corrected chi connectivity index (χ1v) is 6.81. The molecule has 0 aliphatic rings. The van der Waals surface area contributed by atoms with Crippen molar-refractivity contribution in [1.82, 2.24) is 0 Å². The van der Waals surface area contributed by atoms with Gasteiger partial charge in [-0.05, 0) is 36.8 Å². The van der Waals surface area contributed by atoms with Gasteiger partial charge in [-0.3, -0.25) is 0 Å². The number of rotatable bonds is 6. The van der Waals surface area contributed by atoms with Crippen molar-refractivity contribution in [2.45, 2.75) is 13.3 Å². The van der Waals surface area contributed by atoms with Gasteiger partial charge in [0.25, 0.3) is 0 Å². The largest absolute Gasteiger partial charge is 0.493 e. The minimum atomic E-state index is 0.530. The first-order valence-electron chi connectivity index (χ1n) is 6.81. The Bertz CT molecular complexity index is 647. The van der Waals surface area contributed by atoms with Crippen molar-refractivity contribution in [1.29, 1.82) is 5.26 Å². The van der Waals surface area contributed by atoms with Gasteiger partial charge in [0.05, 0.1) is 30.5 Å². The molecule has 108 valence electrons. The molecule has 0 aromatic heterocycles. The predicted molar refractivity (Wildman–Crippen MR) is 82.4 cm³/mol. The van der Waals surface area contributed by atoms with Crippen LogP contribution in [0.15, 0.2) is 42.5 Å². The van der Waals surface area contributed by atoms with Crippen LogP contribution in [0.3, 0.4) is 0 Å². The maximum atomic E-state index is 8.88. The third-order valence-corrected chi connectivity index (χ3v) is 3.04. The van der Waals surface area contributed by atoms with Gasteiger partial charge in [0, 0.05) is 6.42 Å². The molecule has 0 aliphatic carbocycles. The Morgan fingerprint density at radius 2 is 1.76 bits per heavy atom. The second-order valence-corrected chi connectivity index (χ2v) is 4.68. The average Bonchev–Trinajstić information content (AvgIpc) is 2.50. The Balaban J connectivity index is 1.78. The number of para-hydroxylation sites is 2. The molecule has 0 saturated carbocycles. The van der Waals surface area contributed by atoms with E-state index in [0.29, 0.717) is 30.2 Å². The Morgan fingerprint density at radius 3 is 2.48 bits per heavy atom. The third kappa shape index (κ3) is 4.15. The standard InChI is InChI=1S/C17H18N2O2/c1-13-7-8-14(12-18)11-17(13)21-10-4-9-20-16-6-3-2-5-15(16)19/h2-3,5-8,11H,4,9-10,19H2,1H3. The van der Waals surface area contributed by atoms with Crippen LogP contribution >= 0.6 is 0 Å². The first-order chi connectivity index (χ1) is 10.2. The summed E-state index contributed by atoms with van der Waals surface area (Å²) in [4.78, 5) is 0. The highest BCUT2D eigenvalue weighted by molar-refractivity contribution is 5.51. The quantitative estimate of drug-likeness (QED) is 0.652. The van der Waals surface area contributed by atoms with Crippen molar-refractivity contribution < 1.29 is 9.47 Å². The Kier molecular flexibility index (Phi) is 5.05. The molecule has 0 heterocycles. The highest BCUT2D eigenvalue weighted by Gasteiger charge is 2.02. The van der Waals surface area contributed by atoms with E-state index in [2.05, 4.69) is 6.07 Å². The number of anilines is 1. The second kappa shape index (κ2) is 7.20. The molecule has 0 atom stereocenters. The first kappa shape index (κ1) is 14.7. The monoisotopic (exact) mass is 282 g/mol. The van der Waals surface area contributed by atoms with Gasteiger partial charge in [-0.25, -0.2) is 0 Å². The SMILES string of the molecule is Cc1ccc(C#N)cc1OCCCOc1ccccc1N. The van der Waals surface area contributed by atoms with Gasteiger partial charge in [-0.15, -0.1) is 0 Å². The van der Waals surface area contributed by atoms with Crippen LogP contribution in [0.25, 0.3) is 0 Å². The fraction of sp³-hybridized carbons (Fsp3) is 0.235. The van der Waals surface area contributed by atoms with Gasteiger partial charge in [0.1, 0.15) is 11.5 Å². The van der Waals surface area contributed by atoms with E-state index in [-0.39, 0.29) is 0 Å². The molecular formula is C17H18N2O2. The molecule has 0 amide bonds. The molecule has 0 unspecified atom stereocenters. The number of aryl methyl sites for hydroxylation is 1. The molecule has 0 bridgehead atoms. The number of benzene rings is 2. The van der Waals surface area contributed by atoms with Crippen LogP contribution in [0.1, 0.15) is 17.5 Å². The molecule has 2 aromatic rings. The zero-order valence-electron chi connectivity index (χ0n) is 12.0. The summed E-state index contributed by atoms with van der Waals surface area (Å²) in [7, 11) is 0. The summed E-state index contributed by atoms with van der Waals surface area (Å²) < 4.78 is 11.3. The van der Waals surface area contributed by atoms with Gasteiger partial charge < -0.3 is 15.2 Å². The normalized spacial score (nSPS) is 9.90. The summed E-state index contributed by atoms with van der Waals surface area (Å²) in [5, 5.41) is 8.88. The second-order valence-electron chi connectivity index (χ2n) is 4.68. The van der Waals surface area contributed by atoms with Crippen LogP contribution in [0, 0.1) is 18.3 Å². The topological polar surface area (TPSA) is 68.3 Å². The molecule has 0 spiro atoms. The summed E-state index contributed by atoms with van der Waals surface area (Å²) in [5.41, 5.74) is 8.04. The van der Waals surface area contributed by atoms with Crippen molar-refractivity contribution >= 4 is 5.69 Å². The summed E-state index contributed by atoms with van der Waals surface area (Å²) in [6.07, 6.45) is 0.741. The maximum absolute atomic E-state index is 8.88. The van der Waals surface area contributed by atoms with E-state index < -0.39 is 0 Å². The zero-order valence-corrected chi connectivity index (χ0v) is 12.0. The summed E-state index contributed by atoms with van der Waals surface area (Å²) in [6.45, 7) is 3.02. The number of ether oxygens (including phenoxy) is 2. The summed E-state index contributed by atoms with van der Waals surface area (Å²) in [6, 6.07) is 14.9. The Morgan fingerprint density at radius 1 is 1.05 bits per heavy atom. The van der Waals surface area contributed by atoms with Crippen LogP contribution in [-0.4, -0.2) is 13.2 Å². The molecular weight excluding hydrogens is 264 g/mol. The Labute approximate surface area is 124 Å². The van der Waals surface area contributed by atoms with Crippen molar-refractivity contribution in [3.8, 4) is 17.6 Å². The van der Waals surface area contributed by atoms with E-state index in [1.807, 2.05) is 37.3 Å². The van der Waals surface area contributed by atoms with Gasteiger partial charge in [-0.1, -0.05) is 18.2 Å². The number of nitrogens with zero attached hydrogens (tertiary/aromatic N) is 1. The minimum Gasteiger partial charge on any atom is -0.493 e. The van der Waals surface area contributed by atoms with Gasteiger partial charge in [-0.2, -0.15) is 5.26 Å². The molecule has 0 radical (unpaired) electrons. The molecule has 2 rings (SSSR count). The van der Waals surface area contributed by atoms with Crippen molar-refractivity contribution in [2.24, 2.45) is 0 Å². The van der Waals surface area contributed by atoms with Crippen LogP contribution in [0.5, 0.6) is 11.5 Å². The van der Waals surface area contributed by atoms with Crippen molar-refractivity contribution in [2.75, 3.05) is 18.9 Å². The van der Waals surface area contributed by atoms with Crippen LogP contribution in [0.4, 0.5) is 5.69 Å². The van der Waals surface area contributed by atoms with Crippen LogP contribution in [-0.2, 0) is 0 Å². The van der Waals surface area contributed by atoms with Crippen LogP contribution < -0.4 is 15.2 Å². The van der Waals surface area contributed by atoms with Gasteiger partial charge >= 0.3 is 0 Å². The fourth-order valence-electron chi connectivity index (χ4n) is 1.86. The lowest BCUT2D eigenvalue weighted by atomic mass is 10.1. The Hall–Kier alpha value is -2.67. The number of nitriles is 1. The van der Waals surface area contributed by atoms with Gasteiger partial charge in [0.2, 0.25) is 0 Å². The van der Waals surface area contributed by atoms with Crippen molar-refractivity contribution in [3.05, 3.63) is 53.6 Å².